The summed E-state index contributed by atoms with van der Waals surface area (Å²) in [6.07, 6.45) is 0. The zero-order valence-electron chi connectivity index (χ0n) is 9.04. The van der Waals surface area contributed by atoms with E-state index in [9.17, 15) is 9.59 Å². The first-order chi connectivity index (χ1) is 7.65. The Labute approximate surface area is 92.6 Å². The number of hydrogen-bond donors (Lipinski definition) is 0. The van der Waals surface area contributed by atoms with Crippen LogP contribution in [0.25, 0.3) is 10.4 Å². The lowest BCUT2D eigenvalue weighted by atomic mass is 10.00. The molecule has 0 aliphatic carbocycles. The van der Waals surface area contributed by atoms with E-state index in [-0.39, 0.29) is 23.7 Å². The summed E-state index contributed by atoms with van der Waals surface area (Å²) in [6.45, 7) is 2.19. The van der Waals surface area contributed by atoms with Gasteiger partial charge in [0.05, 0.1) is 11.8 Å². The molecule has 0 radical (unpaired) electrons. The van der Waals surface area contributed by atoms with Crippen molar-refractivity contribution in [3.63, 3.8) is 0 Å². The molecule has 16 heavy (non-hydrogen) atoms. The Morgan fingerprint density at radius 3 is 2.44 bits per heavy atom. The number of likely N-dealkylation sites (tertiary alicyclic amines) is 2. The summed E-state index contributed by atoms with van der Waals surface area (Å²) in [5.41, 5.74) is 8.15. The third-order valence-corrected chi connectivity index (χ3v) is 3.27. The monoisotopic (exact) mass is 223 g/mol. The number of imide groups is 1. The van der Waals surface area contributed by atoms with E-state index in [0.717, 1.165) is 0 Å². The van der Waals surface area contributed by atoms with Crippen LogP contribution in [0.3, 0.4) is 0 Å². The first-order valence-corrected chi connectivity index (χ1v) is 5.19. The van der Waals surface area contributed by atoms with E-state index in [1.807, 2.05) is 4.90 Å². The number of azide groups is 1. The first kappa shape index (κ1) is 10.9. The van der Waals surface area contributed by atoms with E-state index in [1.54, 1.807) is 0 Å². The fourth-order valence-electron chi connectivity index (χ4n) is 2.41. The average molecular weight is 223 g/mol. The van der Waals surface area contributed by atoms with Crippen molar-refractivity contribution < 1.29 is 9.59 Å². The molecule has 0 spiro atoms. The van der Waals surface area contributed by atoms with Crippen LogP contribution in [0.15, 0.2) is 5.11 Å². The lowest BCUT2D eigenvalue weighted by Gasteiger charge is -2.16. The second-order valence-electron chi connectivity index (χ2n) is 4.16. The SMILES string of the molecule is CN1C(=O)[C@H]2CN(CCN=[N+]=[N-])C[C@@H]2C1=O. The zero-order valence-corrected chi connectivity index (χ0v) is 9.04. The lowest BCUT2D eigenvalue weighted by molar-refractivity contribution is -0.138. The van der Waals surface area contributed by atoms with Crippen LogP contribution in [0.2, 0.25) is 0 Å². The Morgan fingerprint density at radius 1 is 1.38 bits per heavy atom. The Bertz CT molecular complexity index is 352. The highest BCUT2D eigenvalue weighted by molar-refractivity contribution is 6.05. The van der Waals surface area contributed by atoms with Gasteiger partial charge < -0.3 is 4.90 Å². The lowest BCUT2D eigenvalue weighted by Crippen LogP contribution is -2.34. The van der Waals surface area contributed by atoms with Crippen LogP contribution in [-0.2, 0) is 9.59 Å². The third kappa shape index (κ3) is 1.64. The van der Waals surface area contributed by atoms with Crippen molar-refractivity contribution in [2.45, 2.75) is 0 Å². The number of rotatable bonds is 3. The standard InChI is InChI=1S/C9H13N5O2/c1-13-8(15)6-4-14(3-2-11-12-10)5-7(6)9(13)16/h6-7H,2-5H2,1H3/t6-,7-/m0/s1. The van der Waals surface area contributed by atoms with E-state index in [2.05, 4.69) is 10.0 Å². The number of amides is 2. The fraction of sp³-hybridized carbons (Fsp3) is 0.778. The Hall–Kier alpha value is -1.59. The van der Waals surface area contributed by atoms with Gasteiger partial charge in [-0.3, -0.25) is 14.5 Å². The molecule has 86 valence electrons. The quantitative estimate of drug-likeness (QED) is 0.288. The maximum atomic E-state index is 11.7. The van der Waals surface area contributed by atoms with Crippen LogP contribution < -0.4 is 0 Å². The van der Waals surface area contributed by atoms with Crippen LogP contribution in [0, 0.1) is 11.8 Å². The molecule has 2 saturated heterocycles. The van der Waals surface area contributed by atoms with Crippen molar-refractivity contribution >= 4 is 11.8 Å². The molecule has 2 atom stereocenters. The second-order valence-corrected chi connectivity index (χ2v) is 4.16. The van der Waals surface area contributed by atoms with Gasteiger partial charge in [-0.2, -0.15) is 0 Å². The summed E-state index contributed by atoms with van der Waals surface area (Å²) in [4.78, 5) is 29.2. The molecular weight excluding hydrogens is 210 g/mol. The molecule has 2 aliphatic heterocycles. The molecule has 0 N–H and O–H groups in total. The van der Waals surface area contributed by atoms with Gasteiger partial charge in [0.25, 0.3) is 0 Å². The summed E-state index contributed by atoms with van der Waals surface area (Å²) in [5, 5.41) is 3.44. The highest BCUT2D eigenvalue weighted by atomic mass is 16.2. The molecule has 2 aliphatic rings. The smallest absolute Gasteiger partial charge is 0.234 e. The fourth-order valence-corrected chi connectivity index (χ4v) is 2.41. The number of carbonyl (C=O) groups excluding carboxylic acids is 2. The van der Waals surface area contributed by atoms with Crippen LogP contribution in [0.4, 0.5) is 0 Å². The van der Waals surface area contributed by atoms with Crippen molar-refractivity contribution in [3.05, 3.63) is 10.4 Å². The zero-order chi connectivity index (χ0) is 11.7. The molecule has 7 nitrogen and oxygen atoms in total. The predicted octanol–water partition coefficient (Wildman–Crippen LogP) is -0.157. The van der Waals surface area contributed by atoms with Gasteiger partial charge in [0.1, 0.15) is 0 Å². The van der Waals surface area contributed by atoms with Crippen LogP contribution in [0.5, 0.6) is 0 Å². The molecule has 0 aromatic rings. The highest BCUT2D eigenvalue weighted by Crippen LogP contribution is 2.32. The minimum Gasteiger partial charge on any atom is -0.302 e. The maximum absolute atomic E-state index is 11.7. The number of nitrogens with zero attached hydrogens (tertiary/aromatic N) is 5. The summed E-state index contributed by atoms with van der Waals surface area (Å²) in [5.74, 6) is -0.547. The van der Waals surface area contributed by atoms with Crippen molar-refractivity contribution in [1.82, 2.24) is 9.80 Å². The summed E-state index contributed by atoms with van der Waals surface area (Å²) in [7, 11) is 1.54. The number of fused-ring (bicyclic) bond motifs is 1. The third-order valence-electron chi connectivity index (χ3n) is 3.27. The minimum atomic E-state index is -0.191. The van der Waals surface area contributed by atoms with Gasteiger partial charge in [-0.15, -0.1) is 0 Å². The van der Waals surface area contributed by atoms with Gasteiger partial charge in [0, 0.05) is 38.1 Å². The van der Waals surface area contributed by atoms with Gasteiger partial charge >= 0.3 is 0 Å². The molecule has 0 aromatic carbocycles. The van der Waals surface area contributed by atoms with Crippen LogP contribution in [-0.4, -0.2) is 54.8 Å². The summed E-state index contributed by atoms with van der Waals surface area (Å²) in [6, 6.07) is 0. The van der Waals surface area contributed by atoms with Crippen molar-refractivity contribution in [2.75, 3.05) is 33.2 Å². The molecular formula is C9H13N5O2. The van der Waals surface area contributed by atoms with Crippen molar-refractivity contribution in [3.8, 4) is 0 Å². The molecule has 2 rings (SSSR count). The molecule has 2 amide bonds. The van der Waals surface area contributed by atoms with E-state index in [0.29, 0.717) is 26.2 Å². The van der Waals surface area contributed by atoms with Gasteiger partial charge in [-0.1, -0.05) is 5.11 Å². The summed E-state index contributed by atoms with van der Waals surface area (Å²) >= 11 is 0. The largest absolute Gasteiger partial charge is 0.302 e. The molecule has 0 saturated carbocycles. The van der Waals surface area contributed by atoms with Gasteiger partial charge in [-0.05, 0) is 5.53 Å². The first-order valence-electron chi connectivity index (χ1n) is 5.19. The van der Waals surface area contributed by atoms with Crippen molar-refractivity contribution in [2.24, 2.45) is 17.0 Å². The molecule has 2 fully saturated rings. The molecule has 0 bridgehead atoms. The normalized spacial score (nSPS) is 29.4. The molecule has 0 aromatic heterocycles. The summed E-state index contributed by atoms with van der Waals surface area (Å²) < 4.78 is 0. The maximum Gasteiger partial charge on any atom is 0.234 e. The van der Waals surface area contributed by atoms with E-state index >= 15 is 0 Å². The Balaban J connectivity index is 1.96. The Kier molecular flexibility index (Phi) is 2.80. The average Bonchev–Trinajstić information content (AvgIpc) is 2.77. The van der Waals surface area contributed by atoms with Crippen LogP contribution >= 0.6 is 0 Å². The number of hydrogen-bond acceptors (Lipinski definition) is 4. The van der Waals surface area contributed by atoms with E-state index in [4.69, 9.17) is 5.53 Å². The molecule has 2 heterocycles. The van der Waals surface area contributed by atoms with Crippen molar-refractivity contribution in [1.29, 1.82) is 0 Å². The second kappa shape index (κ2) is 4.11. The van der Waals surface area contributed by atoms with Gasteiger partial charge in [0.15, 0.2) is 0 Å². The van der Waals surface area contributed by atoms with Gasteiger partial charge in [0.2, 0.25) is 11.8 Å². The van der Waals surface area contributed by atoms with Gasteiger partial charge in [-0.25, -0.2) is 0 Å². The Morgan fingerprint density at radius 2 is 1.94 bits per heavy atom. The predicted molar refractivity (Wildman–Crippen MR) is 55.2 cm³/mol. The minimum absolute atomic E-state index is 0.0821. The highest BCUT2D eigenvalue weighted by Gasteiger charge is 2.50. The number of carbonyl (C=O) groups is 2. The molecule has 7 heteroatoms. The van der Waals surface area contributed by atoms with Crippen LogP contribution in [0.1, 0.15) is 0 Å². The van der Waals surface area contributed by atoms with E-state index < -0.39 is 0 Å². The topological polar surface area (TPSA) is 89.4 Å². The molecule has 0 unspecified atom stereocenters. The van der Waals surface area contributed by atoms with E-state index in [1.165, 1.54) is 11.9 Å².